The highest BCUT2D eigenvalue weighted by Gasteiger charge is 2.44. The van der Waals surface area contributed by atoms with Gasteiger partial charge in [-0.05, 0) is 49.6 Å². The number of aliphatic imine (C=N–C) groups is 1. The van der Waals surface area contributed by atoms with Crippen LogP contribution in [0.2, 0.25) is 5.02 Å². The molecule has 0 saturated heterocycles. The second kappa shape index (κ2) is 7.67. The van der Waals surface area contributed by atoms with E-state index in [2.05, 4.69) is 39.7 Å². The second-order valence-electron chi connectivity index (χ2n) is 6.16. The Kier molecular flexibility index (Phi) is 5.36. The maximum absolute atomic E-state index is 6.15. The molecule has 3 rings (SSSR count). The summed E-state index contributed by atoms with van der Waals surface area (Å²) in [4.78, 5) is 8.94. The Morgan fingerprint density at radius 3 is 2.75 bits per heavy atom. The molecule has 1 aliphatic carbocycles. The first-order valence-electron chi connectivity index (χ1n) is 8.40. The van der Waals surface area contributed by atoms with Crippen molar-refractivity contribution in [2.75, 3.05) is 13.1 Å². The van der Waals surface area contributed by atoms with Gasteiger partial charge in [0.05, 0.1) is 12.2 Å². The highest BCUT2D eigenvalue weighted by atomic mass is 35.5. The van der Waals surface area contributed by atoms with Gasteiger partial charge < -0.3 is 10.6 Å². The fraction of sp³-hybridized carbons (Fsp3) is 0.368. The molecular weight excluding hydrogens is 320 g/mol. The van der Waals surface area contributed by atoms with Crippen molar-refractivity contribution in [1.82, 2.24) is 15.6 Å². The van der Waals surface area contributed by atoms with Crippen molar-refractivity contribution < 1.29 is 0 Å². The van der Waals surface area contributed by atoms with E-state index < -0.39 is 0 Å². The third-order valence-electron chi connectivity index (χ3n) is 4.35. The van der Waals surface area contributed by atoms with Crippen molar-refractivity contribution in [1.29, 1.82) is 0 Å². The van der Waals surface area contributed by atoms with Gasteiger partial charge in [-0.3, -0.25) is 4.98 Å². The third kappa shape index (κ3) is 4.26. The first kappa shape index (κ1) is 16.8. The normalized spacial score (nSPS) is 15.8. The van der Waals surface area contributed by atoms with Crippen LogP contribution < -0.4 is 10.6 Å². The molecular formula is C19H23ClN4. The topological polar surface area (TPSA) is 49.3 Å². The zero-order valence-electron chi connectivity index (χ0n) is 13.9. The minimum Gasteiger partial charge on any atom is -0.357 e. The molecule has 1 saturated carbocycles. The minimum atomic E-state index is 0.187. The van der Waals surface area contributed by atoms with E-state index in [1.54, 1.807) is 6.20 Å². The molecule has 2 N–H and O–H groups in total. The third-order valence-corrected chi connectivity index (χ3v) is 4.59. The SMILES string of the molecule is CCNC(=NCc1ccccn1)NCC1(c2cccc(Cl)c2)CC1. The number of nitrogens with zero attached hydrogens (tertiary/aromatic N) is 2. The molecule has 0 radical (unpaired) electrons. The van der Waals surface area contributed by atoms with E-state index in [1.807, 2.05) is 30.3 Å². The van der Waals surface area contributed by atoms with Gasteiger partial charge in [-0.1, -0.05) is 29.8 Å². The van der Waals surface area contributed by atoms with E-state index in [9.17, 15) is 0 Å². The highest BCUT2D eigenvalue weighted by molar-refractivity contribution is 6.30. The Bertz CT molecular complexity index is 696. The van der Waals surface area contributed by atoms with Gasteiger partial charge in [-0.25, -0.2) is 4.99 Å². The summed E-state index contributed by atoms with van der Waals surface area (Å²) < 4.78 is 0. The summed E-state index contributed by atoms with van der Waals surface area (Å²) in [6.07, 6.45) is 4.16. The minimum absolute atomic E-state index is 0.187. The van der Waals surface area contributed by atoms with E-state index in [4.69, 9.17) is 11.6 Å². The van der Waals surface area contributed by atoms with E-state index in [0.717, 1.165) is 29.8 Å². The summed E-state index contributed by atoms with van der Waals surface area (Å²) >= 11 is 6.15. The Morgan fingerprint density at radius 2 is 2.08 bits per heavy atom. The fourth-order valence-electron chi connectivity index (χ4n) is 2.78. The zero-order valence-corrected chi connectivity index (χ0v) is 14.7. The molecule has 4 nitrogen and oxygen atoms in total. The lowest BCUT2D eigenvalue weighted by atomic mass is 9.96. The summed E-state index contributed by atoms with van der Waals surface area (Å²) in [6.45, 7) is 4.34. The van der Waals surface area contributed by atoms with Crippen molar-refractivity contribution in [3.05, 3.63) is 64.9 Å². The van der Waals surface area contributed by atoms with Crippen LogP contribution in [0.25, 0.3) is 0 Å². The molecule has 0 spiro atoms. The van der Waals surface area contributed by atoms with Gasteiger partial charge in [0.1, 0.15) is 0 Å². The summed E-state index contributed by atoms with van der Waals surface area (Å²) in [5.74, 6) is 0.830. The van der Waals surface area contributed by atoms with Crippen LogP contribution in [0.15, 0.2) is 53.7 Å². The molecule has 0 atom stereocenters. The molecule has 1 aromatic carbocycles. The van der Waals surface area contributed by atoms with Crippen LogP contribution in [0, 0.1) is 0 Å². The van der Waals surface area contributed by atoms with E-state index in [1.165, 1.54) is 18.4 Å². The predicted octanol–water partition coefficient (Wildman–Crippen LogP) is 3.52. The van der Waals surface area contributed by atoms with Crippen molar-refractivity contribution >= 4 is 17.6 Å². The Labute approximate surface area is 148 Å². The zero-order chi connectivity index (χ0) is 16.8. The van der Waals surface area contributed by atoms with E-state index >= 15 is 0 Å². The Balaban J connectivity index is 1.64. The first-order chi connectivity index (χ1) is 11.7. The van der Waals surface area contributed by atoms with Gasteiger partial charge in [-0.15, -0.1) is 0 Å². The van der Waals surface area contributed by atoms with Gasteiger partial charge in [-0.2, -0.15) is 0 Å². The molecule has 0 aliphatic heterocycles. The number of benzene rings is 1. The lowest BCUT2D eigenvalue weighted by Gasteiger charge is -2.19. The molecule has 1 aromatic heterocycles. The summed E-state index contributed by atoms with van der Waals surface area (Å²) in [7, 11) is 0. The van der Waals surface area contributed by atoms with Crippen LogP contribution in [0.1, 0.15) is 31.0 Å². The van der Waals surface area contributed by atoms with Crippen molar-refractivity contribution in [2.24, 2.45) is 4.99 Å². The van der Waals surface area contributed by atoms with Crippen molar-refractivity contribution in [3.8, 4) is 0 Å². The quantitative estimate of drug-likeness (QED) is 0.623. The molecule has 0 amide bonds. The largest absolute Gasteiger partial charge is 0.357 e. The predicted molar refractivity (Wildman–Crippen MR) is 99.4 cm³/mol. The maximum atomic E-state index is 6.15. The first-order valence-corrected chi connectivity index (χ1v) is 8.78. The second-order valence-corrected chi connectivity index (χ2v) is 6.60. The van der Waals surface area contributed by atoms with Gasteiger partial charge in [0, 0.05) is 29.7 Å². The number of halogens is 1. The molecule has 24 heavy (non-hydrogen) atoms. The van der Waals surface area contributed by atoms with Crippen LogP contribution in [0.4, 0.5) is 0 Å². The molecule has 1 heterocycles. The highest BCUT2D eigenvalue weighted by Crippen LogP contribution is 2.48. The summed E-state index contributed by atoms with van der Waals surface area (Å²) in [5.41, 5.74) is 2.46. The van der Waals surface area contributed by atoms with Gasteiger partial charge in [0.2, 0.25) is 0 Å². The van der Waals surface area contributed by atoms with Crippen LogP contribution in [-0.2, 0) is 12.0 Å². The number of hydrogen-bond acceptors (Lipinski definition) is 2. The summed E-state index contributed by atoms with van der Waals surface area (Å²) in [5, 5.41) is 7.58. The van der Waals surface area contributed by atoms with E-state index in [0.29, 0.717) is 6.54 Å². The fourth-order valence-corrected chi connectivity index (χ4v) is 2.97. The van der Waals surface area contributed by atoms with Gasteiger partial charge in [0.25, 0.3) is 0 Å². The molecule has 1 aliphatic rings. The van der Waals surface area contributed by atoms with Crippen LogP contribution in [0.3, 0.4) is 0 Å². The maximum Gasteiger partial charge on any atom is 0.191 e. The number of pyridine rings is 1. The number of rotatable bonds is 6. The number of aromatic nitrogens is 1. The molecule has 5 heteroatoms. The standard InChI is InChI=1S/C19H23ClN4/c1-2-21-18(23-13-17-8-3-4-11-22-17)24-14-19(9-10-19)15-6-5-7-16(20)12-15/h3-8,11-12H,2,9-10,13-14H2,1H3,(H2,21,23,24). The monoisotopic (exact) mass is 342 g/mol. The average Bonchev–Trinajstić information content (AvgIpc) is 3.40. The Morgan fingerprint density at radius 1 is 1.21 bits per heavy atom. The molecule has 1 fully saturated rings. The molecule has 126 valence electrons. The smallest absolute Gasteiger partial charge is 0.191 e. The average molecular weight is 343 g/mol. The van der Waals surface area contributed by atoms with Crippen LogP contribution >= 0.6 is 11.6 Å². The number of guanidine groups is 1. The number of nitrogens with one attached hydrogen (secondary N) is 2. The molecule has 0 bridgehead atoms. The lowest BCUT2D eigenvalue weighted by molar-refractivity contribution is 0.645. The Hall–Kier alpha value is -2.07. The molecule has 2 aromatic rings. The van der Waals surface area contributed by atoms with E-state index in [-0.39, 0.29) is 5.41 Å². The number of hydrogen-bond donors (Lipinski definition) is 2. The van der Waals surface area contributed by atoms with Crippen molar-refractivity contribution in [2.45, 2.75) is 31.7 Å². The van der Waals surface area contributed by atoms with Crippen LogP contribution in [-0.4, -0.2) is 24.0 Å². The lowest BCUT2D eigenvalue weighted by Crippen LogP contribution is -2.41. The summed E-state index contributed by atoms with van der Waals surface area (Å²) in [6, 6.07) is 14.1. The molecule has 0 unspecified atom stereocenters. The van der Waals surface area contributed by atoms with Gasteiger partial charge >= 0.3 is 0 Å². The van der Waals surface area contributed by atoms with Crippen LogP contribution in [0.5, 0.6) is 0 Å². The van der Waals surface area contributed by atoms with Gasteiger partial charge in [0.15, 0.2) is 5.96 Å². The van der Waals surface area contributed by atoms with Crippen molar-refractivity contribution in [3.63, 3.8) is 0 Å².